The van der Waals surface area contributed by atoms with Crippen molar-refractivity contribution in [3.63, 3.8) is 0 Å². The first-order chi connectivity index (χ1) is 10.3. The van der Waals surface area contributed by atoms with Gasteiger partial charge >= 0.3 is 0 Å². The zero-order chi connectivity index (χ0) is 16.2. The molecule has 2 aromatic carbocycles. The zero-order valence-electron chi connectivity index (χ0n) is 14.0. The second-order valence-corrected chi connectivity index (χ2v) is 7.09. The third-order valence-corrected chi connectivity index (χ3v) is 3.77. The van der Waals surface area contributed by atoms with E-state index in [2.05, 4.69) is 57.3 Å². The number of nitrogens with one attached hydrogen (secondary N) is 1. The van der Waals surface area contributed by atoms with Crippen LogP contribution in [0.4, 0.5) is 0 Å². The Morgan fingerprint density at radius 3 is 2.00 bits per heavy atom. The first-order valence-corrected chi connectivity index (χ1v) is 7.97. The molecule has 2 nitrogen and oxygen atoms in total. The molecule has 118 valence electrons. The minimum absolute atomic E-state index is 0.107. The summed E-state index contributed by atoms with van der Waals surface area (Å²) in [6.45, 7) is 8.83. The molecule has 0 aliphatic carbocycles. The summed E-state index contributed by atoms with van der Waals surface area (Å²) in [6.07, 6.45) is 1.02. The lowest BCUT2D eigenvalue weighted by Gasteiger charge is -2.29. The third-order valence-electron chi connectivity index (χ3n) is 3.77. The smallest absolute Gasteiger partial charge is 0.115 e. The van der Waals surface area contributed by atoms with E-state index in [9.17, 15) is 5.11 Å². The van der Waals surface area contributed by atoms with Gasteiger partial charge in [-0.1, -0.05) is 42.5 Å². The van der Waals surface area contributed by atoms with E-state index >= 15 is 0 Å². The van der Waals surface area contributed by atoms with E-state index in [4.69, 9.17) is 0 Å². The summed E-state index contributed by atoms with van der Waals surface area (Å²) < 4.78 is 0. The highest BCUT2D eigenvalue weighted by Gasteiger charge is 2.20. The molecule has 0 saturated heterocycles. The molecule has 0 saturated carbocycles. The van der Waals surface area contributed by atoms with Crippen molar-refractivity contribution in [3.8, 4) is 5.75 Å². The number of hydrogen-bond donors (Lipinski definition) is 2. The van der Waals surface area contributed by atoms with Crippen molar-refractivity contribution in [2.45, 2.75) is 51.6 Å². The van der Waals surface area contributed by atoms with Gasteiger partial charge in [-0.05, 0) is 57.4 Å². The van der Waals surface area contributed by atoms with Crippen molar-refractivity contribution in [1.29, 1.82) is 0 Å². The van der Waals surface area contributed by atoms with Crippen LogP contribution in [0, 0.1) is 0 Å². The molecule has 0 radical (unpaired) electrons. The number of hydrogen-bond acceptors (Lipinski definition) is 2. The molecule has 0 aliphatic heterocycles. The van der Waals surface area contributed by atoms with E-state index < -0.39 is 0 Å². The lowest BCUT2D eigenvalue weighted by atomic mass is 9.86. The summed E-state index contributed by atoms with van der Waals surface area (Å²) in [5, 5.41) is 13.2. The molecule has 2 heteroatoms. The first kappa shape index (κ1) is 16.6. The molecule has 2 rings (SSSR count). The highest BCUT2D eigenvalue weighted by atomic mass is 16.3. The van der Waals surface area contributed by atoms with E-state index in [0.29, 0.717) is 17.7 Å². The summed E-state index contributed by atoms with van der Waals surface area (Å²) >= 11 is 0. The fourth-order valence-electron chi connectivity index (χ4n) is 3.01. The molecular formula is C20H27NO. The minimum atomic E-state index is 0.107. The van der Waals surface area contributed by atoms with E-state index in [1.807, 2.05) is 18.2 Å². The predicted octanol–water partition coefficient (Wildman–Crippen LogP) is 4.69. The molecule has 0 spiro atoms. The number of phenolic OH excluding ortho intramolecular Hbond substituents is 1. The van der Waals surface area contributed by atoms with Crippen LogP contribution in [0.1, 0.15) is 51.2 Å². The Morgan fingerprint density at radius 1 is 0.909 bits per heavy atom. The largest absolute Gasteiger partial charge is 0.508 e. The van der Waals surface area contributed by atoms with Gasteiger partial charge in [-0.15, -0.1) is 0 Å². The van der Waals surface area contributed by atoms with Crippen molar-refractivity contribution < 1.29 is 5.11 Å². The summed E-state index contributed by atoms with van der Waals surface area (Å²) in [5.41, 5.74) is 2.66. The Kier molecular flexibility index (Phi) is 5.25. The standard InChI is InChI=1S/C20H27NO/c1-15(21-20(2,3)4)14-19(16-8-6-5-7-9-16)17-10-12-18(22)13-11-17/h5-13,15,19,21-22H,14H2,1-4H3/t15-,19-/m1/s1. The maximum Gasteiger partial charge on any atom is 0.115 e. The predicted molar refractivity (Wildman–Crippen MR) is 93.4 cm³/mol. The van der Waals surface area contributed by atoms with E-state index in [1.165, 1.54) is 11.1 Å². The average molecular weight is 297 g/mol. The van der Waals surface area contributed by atoms with Gasteiger partial charge < -0.3 is 10.4 Å². The van der Waals surface area contributed by atoms with Crippen LogP contribution in [0.2, 0.25) is 0 Å². The molecule has 0 bridgehead atoms. The van der Waals surface area contributed by atoms with Crippen LogP contribution < -0.4 is 5.32 Å². The second-order valence-electron chi connectivity index (χ2n) is 7.09. The highest BCUT2D eigenvalue weighted by Crippen LogP contribution is 2.30. The molecule has 0 heterocycles. The summed E-state index contributed by atoms with van der Waals surface area (Å²) in [7, 11) is 0. The zero-order valence-corrected chi connectivity index (χ0v) is 14.0. The van der Waals surface area contributed by atoms with Crippen LogP contribution >= 0.6 is 0 Å². The number of aromatic hydroxyl groups is 1. The summed E-state index contributed by atoms with van der Waals surface area (Å²) in [5.74, 6) is 0.642. The number of benzene rings is 2. The van der Waals surface area contributed by atoms with Crippen molar-refractivity contribution in [2.75, 3.05) is 0 Å². The monoisotopic (exact) mass is 297 g/mol. The van der Waals surface area contributed by atoms with Crippen molar-refractivity contribution >= 4 is 0 Å². The van der Waals surface area contributed by atoms with Gasteiger partial charge in [0.15, 0.2) is 0 Å². The van der Waals surface area contributed by atoms with E-state index in [0.717, 1.165) is 6.42 Å². The van der Waals surface area contributed by atoms with Crippen LogP contribution in [0.5, 0.6) is 5.75 Å². The Labute approximate surface area is 134 Å². The molecule has 2 atom stereocenters. The maximum atomic E-state index is 9.53. The topological polar surface area (TPSA) is 32.3 Å². The average Bonchev–Trinajstić information content (AvgIpc) is 2.45. The number of rotatable bonds is 5. The van der Waals surface area contributed by atoms with Crippen LogP contribution in [0.3, 0.4) is 0 Å². The Balaban J connectivity index is 2.24. The maximum absolute atomic E-state index is 9.53. The van der Waals surface area contributed by atoms with Gasteiger partial charge in [0.2, 0.25) is 0 Å². The normalized spacial score (nSPS) is 14.5. The lowest BCUT2D eigenvalue weighted by molar-refractivity contribution is 0.353. The second kappa shape index (κ2) is 6.97. The van der Waals surface area contributed by atoms with Gasteiger partial charge in [0.25, 0.3) is 0 Å². The quantitative estimate of drug-likeness (QED) is 0.839. The fourth-order valence-corrected chi connectivity index (χ4v) is 3.01. The van der Waals surface area contributed by atoms with Crippen molar-refractivity contribution in [3.05, 3.63) is 65.7 Å². The van der Waals surface area contributed by atoms with Crippen LogP contribution in [-0.2, 0) is 0 Å². The molecule has 0 aromatic heterocycles. The molecule has 0 unspecified atom stereocenters. The van der Waals surface area contributed by atoms with Gasteiger partial charge in [-0.2, -0.15) is 0 Å². The highest BCUT2D eigenvalue weighted by molar-refractivity contribution is 5.35. The van der Waals surface area contributed by atoms with Gasteiger partial charge in [0.05, 0.1) is 0 Å². The first-order valence-electron chi connectivity index (χ1n) is 7.97. The SMILES string of the molecule is C[C@H](C[C@H](c1ccccc1)c1ccc(O)cc1)NC(C)(C)C. The minimum Gasteiger partial charge on any atom is -0.508 e. The Morgan fingerprint density at radius 2 is 1.45 bits per heavy atom. The van der Waals surface area contributed by atoms with Gasteiger partial charge in [0, 0.05) is 17.5 Å². The Hall–Kier alpha value is -1.80. The molecule has 0 amide bonds. The van der Waals surface area contributed by atoms with Gasteiger partial charge in [0.1, 0.15) is 5.75 Å². The molecular weight excluding hydrogens is 270 g/mol. The van der Waals surface area contributed by atoms with Crippen LogP contribution in [0.25, 0.3) is 0 Å². The van der Waals surface area contributed by atoms with Crippen molar-refractivity contribution in [1.82, 2.24) is 5.32 Å². The van der Waals surface area contributed by atoms with Crippen LogP contribution in [-0.4, -0.2) is 16.7 Å². The number of phenols is 1. The molecule has 0 fully saturated rings. The molecule has 0 aliphatic rings. The summed E-state index contributed by atoms with van der Waals surface area (Å²) in [4.78, 5) is 0. The van der Waals surface area contributed by atoms with Gasteiger partial charge in [-0.3, -0.25) is 0 Å². The summed E-state index contributed by atoms with van der Waals surface area (Å²) in [6, 6.07) is 18.6. The van der Waals surface area contributed by atoms with Crippen molar-refractivity contribution in [2.24, 2.45) is 0 Å². The molecule has 2 N–H and O–H groups in total. The molecule has 2 aromatic rings. The van der Waals surface area contributed by atoms with E-state index in [-0.39, 0.29) is 5.54 Å². The van der Waals surface area contributed by atoms with E-state index in [1.54, 1.807) is 12.1 Å². The lowest BCUT2D eigenvalue weighted by Crippen LogP contribution is -2.42. The third kappa shape index (κ3) is 4.88. The fraction of sp³-hybridized carbons (Fsp3) is 0.400. The van der Waals surface area contributed by atoms with Crippen LogP contribution in [0.15, 0.2) is 54.6 Å². The Bertz CT molecular complexity index is 569. The van der Waals surface area contributed by atoms with Gasteiger partial charge in [-0.25, -0.2) is 0 Å². The molecule has 22 heavy (non-hydrogen) atoms.